The molecule has 3 aromatic rings. The number of benzene rings is 2. The highest BCUT2D eigenvalue weighted by Crippen LogP contribution is 2.21. The van der Waals surface area contributed by atoms with E-state index in [1.165, 1.54) is 28.6 Å². The molecule has 1 aliphatic heterocycles. The van der Waals surface area contributed by atoms with Gasteiger partial charge in [-0.2, -0.15) is 9.40 Å². The molecule has 1 fully saturated rings. The molecule has 1 saturated heterocycles. The quantitative estimate of drug-likeness (QED) is 0.387. The molecule has 0 spiro atoms. The molecular formula is C22H23N5O5S. The predicted molar refractivity (Wildman–Crippen MR) is 120 cm³/mol. The first-order chi connectivity index (χ1) is 15.8. The highest BCUT2D eigenvalue weighted by atomic mass is 32.2. The fourth-order valence-electron chi connectivity index (χ4n) is 3.69. The summed E-state index contributed by atoms with van der Waals surface area (Å²) in [6, 6.07) is 14.5. The summed E-state index contributed by atoms with van der Waals surface area (Å²) in [6.45, 7) is 0.955. The largest absolute Gasteiger partial charge is 0.340 e. The van der Waals surface area contributed by atoms with Gasteiger partial charge in [0.15, 0.2) is 0 Å². The third-order valence-corrected chi connectivity index (χ3v) is 7.47. The second-order valence-corrected chi connectivity index (χ2v) is 9.60. The molecule has 1 aliphatic rings. The predicted octanol–water partition coefficient (Wildman–Crippen LogP) is 2.25. The van der Waals surface area contributed by atoms with E-state index in [2.05, 4.69) is 5.10 Å². The molecule has 0 N–H and O–H groups in total. The summed E-state index contributed by atoms with van der Waals surface area (Å²) >= 11 is 0. The first-order valence-corrected chi connectivity index (χ1v) is 11.9. The Morgan fingerprint density at radius 1 is 1.00 bits per heavy atom. The van der Waals surface area contributed by atoms with E-state index in [9.17, 15) is 23.3 Å². The lowest BCUT2D eigenvalue weighted by Crippen LogP contribution is -2.50. The van der Waals surface area contributed by atoms with Gasteiger partial charge in [0.25, 0.3) is 5.69 Å². The summed E-state index contributed by atoms with van der Waals surface area (Å²) in [4.78, 5) is 24.5. The van der Waals surface area contributed by atoms with Gasteiger partial charge in [0.05, 0.1) is 21.7 Å². The van der Waals surface area contributed by atoms with E-state index in [0.29, 0.717) is 25.9 Å². The van der Waals surface area contributed by atoms with Gasteiger partial charge in [0.1, 0.15) is 0 Å². The van der Waals surface area contributed by atoms with Crippen molar-refractivity contribution in [3.05, 3.63) is 82.7 Å². The third kappa shape index (κ3) is 5.10. The van der Waals surface area contributed by atoms with Crippen molar-refractivity contribution >= 4 is 21.6 Å². The Hall–Kier alpha value is -3.57. The van der Waals surface area contributed by atoms with E-state index in [1.807, 2.05) is 36.5 Å². The van der Waals surface area contributed by atoms with Gasteiger partial charge in [-0.25, -0.2) is 13.1 Å². The summed E-state index contributed by atoms with van der Waals surface area (Å²) in [5.74, 6) is -0.0326. The number of hydrogen-bond donors (Lipinski definition) is 0. The van der Waals surface area contributed by atoms with Crippen LogP contribution in [0.15, 0.2) is 71.9 Å². The molecule has 0 aliphatic carbocycles. The van der Waals surface area contributed by atoms with Crippen LogP contribution in [0.25, 0.3) is 5.69 Å². The van der Waals surface area contributed by atoms with Gasteiger partial charge < -0.3 is 4.90 Å². The molecule has 4 rings (SSSR count). The Labute approximate surface area is 191 Å². The van der Waals surface area contributed by atoms with Gasteiger partial charge in [0.2, 0.25) is 15.9 Å². The molecular weight excluding hydrogens is 446 g/mol. The number of carbonyl (C=O) groups is 1. The van der Waals surface area contributed by atoms with Crippen molar-refractivity contribution in [3.8, 4) is 5.69 Å². The van der Waals surface area contributed by atoms with Crippen LogP contribution in [-0.4, -0.2) is 64.4 Å². The van der Waals surface area contributed by atoms with Crippen LogP contribution in [0.3, 0.4) is 0 Å². The third-order valence-electron chi connectivity index (χ3n) is 5.56. The number of piperazine rings is 1. The van der Waals surface area contributed by atoms with Crippen molar-refractivity contribution in [2.45, 2.75) is 17.7 Å². The minimum atomic E-state index is -3.77. The second-order valence-electron chi connectivity index (χ2n) is 7.66. The van der Waals surface area contributed by atoms with Crippen molar-refractivity contribution < 1.29 is 18.1 Å². The number of sulfonamides is 1. The molecule has 0 atom stereocenters. The number of non-ortho nitro benzene ring substituents is 1. The Bertz CT molecular complexity index is 1230. The van der Waals surface area contributed by atoms with Crippen LogP contribution in [0, 0.1) is 10.1 Å². The van der Waals surface area contributed by atoms with Crippen molar-refractivity contribution in [2.75, 3.05) is 26.2 Å². The number of rotatable bonds is 7. The molecule has 172 valence electrons. The van der Waals surface area contributed by atoms with Crippen molar-refractivity contribution in [1.29, 1.82) is 0 Å². The normalized spacial score (nSPS) is 14.8. The van der Waals surface area contributed by atoms with Gasteiger partial charge in [0, 0.05) is 50.9 Å². The van der Waals surface area contributed by atoms with Crippen LogP contribution in [0.1, 0.15) is 12.0 Å². The molecule has 0 unspecified atom stereocenters. The van der Waals surface area contributed by atoms with Crippen LogP contribution in [0.2, 0.25) is 0 Å². The smallest absolute Gasteiger partial charge is 0.269 e. The van der Waals surface area contributed by atoms with Crippen LogP contribution in [0.4, 0.5) is 5.69 Å². The van der Waals surface area contributed by atoms with Crippen molar-refractivity contribution in [1.82, 2.24) is 19.0 Å². The van der Waals surface area contributed by atoms with Crippen LogP contribution in [-0.2, 0) is 21.2 Å². The van der Waals surface area contributed by atoms with E-state index in [-0.39, 0.29) is 29.6 Å². The minimum absolute atomic E-state index is 0.00306. The van der Waals surface area contributed by atoms with Crippen LogP contribution in [0.5, 0.6) is 0 Å². The number of aryl methyl sites for hydroxylation is 1. The zero-order valence-electron chi connectivity index (χ0n) is 17.8. The monoisotopic (exact) mass is 469 g/mol. The number of para-hydroxylation sites is 1. The van der Waals surface area contributed by atoms with Crippen molar-refractivity contribution in [2.24, 2.45) is 0 Å². The average Bonchev–Trinajstić information content (AvgIpc) is 3.32. The number of amides is 1. The minimum Gasteiger partial charge on any atom is -0.340 e. The maximum atomic E-state index is 12.8. The van der Waals surface area contributed by atoms with E-state index in [0.717, 1.165) is 11.3 Å². The van der Waals surface area contributed by atoms with Gasteiger partial charge >= 0.3 is 0 Å². The first-order valence-electron chi connectivity index (χ1n) is 10.5. The lowest BCUT2D eigenvalue weighted by atomic mass is 10.2. The average molecular weight is 470 g/mol. The summed E-state index contributed by atoms with van der Waals surface area (Å²) < 4.78 is 28.7. The fourth-order valence-corrected chi connectivity index (χ4v) is 5.11. The zero-order valence-corrected chi connectivity index (χ0v) is 18.6. The number of aromatic nitrogens is 2. The Morgan fingerprint density at radius 2 is 1.67 bits per heavy atom. The van der Waals surface area contributed by atoms with E-state index < -0.39 is 14.9 Å². The van der Waals surface area contributed by atoms with Crippen molar-refractivity contribution in [3.63, 3.8) is 0 Å². The summed E-state index contributed by atoms with van der Waals surface area (Å²) in [5, 5.41) is 15.1. The topological polar surface area (TPSA) is 119 Å². The number of nitrogens with zero attached hydrogens (tertiary/aromatic N) is 5. The number of carbonyl (C=O) groups excluding carboxylic acids is 1. The molecule has 10 nitrogen and oxygen atoms in total. The maximum absolute atomic E-state index is 12.8. The molecule has 33 heavy (non-hydrogen) atoms. The lowest BCUT2D eigenvalue weighted by Gasteiger charge is -2.34. The SMILES string of the molecule is O=C(CCc1cnn(-c2ccccc2)c1)N1CCN(S(=O)(=O)c2ccc([N+](=O)[O-])cc2)CC1. The van der Waals surface area contributed by atoms with Gasteiger partial charge in [-0.15, -0.1) is 0 Å². The molecule has 11 heteroatoms. The maximum Gasteiger partial charge on any atom is 0.269 e. The molecule has 1 aromatic heterocycles. The summed E-state index contributed by atoms with van der Waals surface area (Å²) in [5.41, 5.74) is 1.73. The number of nitro groups is 1. The summed E-state index contributed by atoms with van der Waals surface area (Å²) in [6.07, 6.45) is 4.51. The van der Waals surface area contributed by atoms with Crippen LogP contribution < -0.4 is 0 Å². The molecule has 0 radical (unpaired) electrons. The summed E-state index contributed by atoms with van der Waals surface area (Å²) in [7, 11) is -3.77. The van der Waals surface area contributed by atoms with Crippen LogP contribution >= 0.6 is 0 Å². The molecule has 0 saturated carbocycles. The first kappa shape index (κ1) is 22.6. The van der Waals surface area contributed by atoms with E-state index >= 15 is 0 Å². The zero-order chi connectivity index (χ0) is 23.4. The highest BCUT2D eigenvalue weighted by molar-refractivity contribution is 7.89. The standard InChI is InChI=1S/C22H23N5O5S/c28-22(11-6-18-16-23-26(17-18)19-4-2-1-3-5-19)24-12-14-25(15-13-24)33(31,32)21-9-7-20(8-10-21)27(29)30/h1-5,7-10,16-17H,6,11-15H2. The van der Waals surface area contributed by atoms with E-state index in [1.54, 1.807) is 15.8 Å². The number of nitro benzene ring substituents is 1. The second kappa shape index (κ2) is 9.51. The Kier molecular flexibility index (Phi) is 6.52. The van der Waals surface area contributed by atoms with Gasteiger partial charge in [-0.05, 0) is 36.2 Å². The lowest BCUT2D eigenvalue weighted by molar-refractivity contribution is -0.384. The van der Waals surface area contributed by atoms with E-state index in [4.69, 9.17) is 0 Å². The molecule has 2 aromatic carbocycles. The van der Waals surface area contributed by atoms with Gasteiger partial charge in [-0.3, -0.25) is 14.9 Å². The Morgan fingerprint density at radius 3 is 2.30 bits per heavy atom. The molecule has 1 amide bonds. The Balaban J connectivity index is 1.30. The number of hydrogen-bond acceptors (Lipinski definition) is 6. The molecule has 0 bridgehead atoms. The van der Waals surface area contributed by atoms with Gasteiger partial charge in [-0.1, -0.05) is 18.2 Å². The highest BCUT2D eigenvalue weighted by Gasteiger charge is 2.30. The molecule has 2 heterocycles. The fraction of sp³-hybridized carbons (Fsp3) is 0.273.